The van der Waals surface area contributed by atoms with E-state index in [1.807, 2.05) is 6.92 Å². The molecule has 0 bridgehead atoms. The molecule has 0 spiro atoms. The molecule has 1 heterocycles. The highest BCUT2D eigenvalue weighted by Gasteiger charge is 2.12. The first-order chi connectivity index (χ1) is 13.4. The number of hydrogen-bond acceptors (Lipinski definition) is 4. The van der Waals surface area contributed by atoms with Crippen molar-refractivity contribution in [1.82, 2.24) is 9.55 Å². The quantitative estimate of drug-likeness (QED) is 0.691. The van der Waals surface area contributed by atoms with Crippen molar-refractivity contribution in [3.8, 4) is 11.4 Å². The van der Waals surface area contributed by atoms with Gasteiger partial charge in [-0.15, -0.1) is 0 Å². The minimum absolute atomic E-state index is 0.132. The molecule has 1 aromatic heterocycles. The third kappa shape index (κ3) is 4.12. The van der Waals surface area contributed by atoms with E-state index in [2.05, 4.69) is 15.6 Å². The Balaban J connectivity index is 1.84. The summed E-state index contributed by atoms with van der Waals surface area (Å²) in [4.78, 5) is 28.8. The largest absolute Gasteiger partial charge is 0.497 e. The van der Waals surface area contributed by atoms with Crippen LogP contribution in [0.3, 0.4) is 0 Å². The van der Waals surface area contributed by atoms with Crippen molar-refractivity contribution < 1.29 is 13.9 Å². The van der Waals surface area contributed by atoms with Crippen LogP contribution in [0.25, 0.3) is 5.69 Å². The zero-order valence-corrected chi connectivity index (χ0v) is 15.7. The zero-order valence-electron chi connectivity index (χ0n) is 15.0. The van der Waals surface area contributed by atoms with Crippen molar-refractivity contribution >= 4 is 29.1 Å². The molecule has 28 heavy (non-hydrogen) atoms. The van der Waals surface area contributed by atoms with E-state index >= 15 is 0 Å². The summed E-state index contributed by atoms with van der Waals surface area (Å²) >= 11 is 5.69. The van der Waals surface area contributed by atoms with Crippen LogP contribution in [0.1, 0.15) is 5.56 Å². The Morgan fingerprint density at radius 3 is 2.68 bits per heavy atom. The Hall–Kier alpha value is -3.39. The maximum atomic E-state index is 13.2. The fourth-order valence-electron chi connectivity index (χ4n) is 2.56. The van der Waals surface area contributed by atoms with Crippen LogP contribution < -0.4 is 20.9 Å². The first-order valence-electron chi connectivity index (χ1n) is 8.15. The second-order valence-corrected chi connectivity index (χ2v) is 6.22. The molecule has 9 heteroatoms. The Labute approximate surface area is 164 Å². The Morgan fingerprint density at radius 2 is 2.00 bits per heavy atom. The first-order valence-corrected chi connectivity index (χ1v) is 8.52. The fourth-order valence-corrected chi connectivity index (χ4v) is 2.74. The number of benzene rings is 2. The molecule has 0 atom stereocenters. The minimum Gasteiger partial charge on any atom is -0.497 e. The summed E-state index contributed by atoms with van der Waals surface area (Å²) in [5.41, 5.74) is 1.19. The lowest BCUT2D eigenvalue weighted by Crippen LogP contribution is -2.28. The molecule has 3 rings (SSSR count). The molecule has 0 aliphatic carbocycles. The van der Waals surface area contributed by atoms with E-state index in [0.29, 0.717) is 11.4 Å². The molecule has 0 saturated heterocycles. The van der Waals surface area contributed by atoms with Gasteiger partial charge >= 0.3 is 6.03 Å². The molecule has 144 valence electrons. The van der Waals surface area contributed by atoms with Crippen LogP contribution in [-0.2, 0) is 0 Å². The lowest BCUT2D eigenvalue weighted by molar-refractivity contribution is 0.262. The third-order valence-electron chi connectivity index (χ3n) is 3.91. The highest BCUT2D eigenvalue weighted by Crippen LogP contribution is 2.20. The van der Waals surface area contributed by atoms with E-state index in [1.54, 1.807) is 25.3 Å². The molecular formula is C19H16ClFN4O3. The summed E-state index contributed by atoms with van der Waals surface area (Å²) in [6.07, 6.45) is 2.90. The molecule has 0 radical (unpaired) electrons. The average molecular weight is 403 g/mol. The van der Waals surface area contributed by atoms with E-state index in [0.717, 1.165) is 11.6 Å². The summed E-state index contributed by atoms with van der Waals surface area (Å²) in [5, 5.41) is 4.72. The lowest BCUT2D eigenvalue weighted by Gasteiger charge is -2.12. The monoisotopic (exact) mass is 402 g/mol. The van der Waals surface area contributed by atoms with Crippen molar-refractivity contribution in [2.24, 2.45) is 0 Å². The van der Waals surface area contributed by atoms with Gasteiger partial charge in [-0.05, 0) is 48.9 Å². The predicted octanol–water partition coefficient (Wildman–Crippen LogP) is 3.99. The molecule has 7 nitrogen and oxygen atoms in total. The molecule has 2 N–H and O–H groups in total. The summed E-state index contributed by atoms with van der Waals surface area (Å²) in [7, 11) is 1.56. The first kappa shape index (κ1) is 19.4. The van der Waals surface area contributed by atoms with Gasteiger partial charge in [-0.1, -0.05) is 11.6 Å². The van der Waals surface area contributed by atoms with E-state index in [9.17, 15) is 14.0 Å². The number of amides is 2. The number of hydrogen-bond donors (Lipinski definition) is 2. The molecular weight excluding hydrogens is 387 g/mol. The van der Waals surface area contributed by atoms with Gasteiger partial charge in [0.25, 0.3) is 5.56 Å². The van der Waals surface area contributed by atoms with E-state index in [1.165, 1.54) is 29.1 Å². The number of carbonyl (C=O) groups excluding carboxylic acids is 1. The van der Waals surface area contributed by atoms with Crippen LogP contribution >= 0.6 is 11.6 Å². The second-order valence-electron chi connectivity index (χ2n) is 5.81. The van der Waals surface area contributed by atoms with E-state index in [4.69, 9.17) is 16.3 Å². The smallest absolute Gasteiger partial charge is 0.325 e. The number of nitrogens with zero attached hydrogens (tertiary/aromatic N) is 2. The van der Waals surface area contributed by atoms with Gasteiger partial charge in [0.2, 0.25) is 5.82 Å². The molecule has 2 aromatic carbocycles. The number of aryl methyl sites for hydroxylation is 1. The van der Waals surface area contributed by atoms with Gasteiger partial charge in [0, 0.05) is 18.1 Å². The number of anilines is 2. The number of urea groups is 1. The molecule has 3 aromatic rings. The molecule has 2 amide bonds. The number of rotatable bonds is 4. The van der Waals surface area contributed by atoms with Crippen LogP contribution in [0.15, 0.2) is 53.6 Å². The van der Waals surface area contributed by atoms with Crippen molar-refractivity contribution in [3.63, 3.8) is 0 Å². The highest BCUT2D eigenvalue weighted by molar-refractivity contribution is 6.31. The summed E-state index contributed by atoms with van der Waals surface area (Å²) in [5.74, 6) is -0.0995. The maximum Gasteiger partial charge on any atom is 0.325 e. The van der Waals surface area contributed by atoms with Gasteiger partial charge in [0.15, 0.2) is 0 Å². The molecule has 0 fully saturated rings. The number of aromatic nitrogens is 2. The normalized spacial score (nSPS) is 10.4. The van der Waals surface area contributed by atoms with Gasteiger partial charge in [-0.2, -0.15) is 0 Å². The minimum atomic E-state index is -0.712. The van der Waals surface area contributed by atoms with Crippen LogP contribution in [0, 0.1) is 12.7 Å². The number of methoxy groups -OCH3 is 1. The zero-order chi connectivity index (χ0) is 20.3. The SMILES string of the molecule is COc1ccc(-n2ccnc(NC(=O)Nc3ccc(F)c(Cl)c3)c2=O)c(C)c1. The van der Waals surface area contributed by atoms with Gasteiger partial charge < -0.3 is 10.1 Å². The second kappa shape index (κ2) is 8.10. The van der Waals surface area contributed by atoms with Crippen molar-refractivity contribution in [3.05, 3.63) is 75.5 Å². The number of ether oxygens (including phenoxy) is 1. The van der Waals surface area contributed by atoms with E-state index < -0.39 is 17.4 Å². The maximum absolute atomic E-state index is 13.2. The van der Waals surface area contributed by atoms with Crippen molar-refractivity contribution in [2.75, 3.05) is 17.7 Å². The number of halogens is 2. The van der Waals surface area contributed by atoms with Gasteiger partial charge in [-0.3, -0.25) is 14.7 Å². The van der Waals surface area contributed by atoms with Crippen LogP contribution in [0.5, 0.6) is 5.75 Å². The Bertz CT molecular complexity index is 1100. The number of carbonyl (C=O) groups is 1. The van der Waals surface area contributed by atoms with Crippen LogP contribution in [-0.4, -0.2) is 22.7 Å². The van der Waals surface area contributed by atoms with Gasteiger partial charge in [-0.25, -0.2) is 14.2 Å². The summed E-state index contributed by atoms with van der Waals surface area (Å²) in [6, 6.07) is 8.27. The van der Waals surface area contributed by atoms with Gasteiger partial charge in [0.1, 0.15) is 11.6 Å². The topological polar surface area (TPSA) is 85.2 Å². The summed E-state index contributed by atoms with van der Waals surface area (Å²) in [6.45, 7) is 1.84. The predicted molar refractivity (Wildman–Crippen MR) is 105 cm³/mol. The third-order valence-corrected chi connectivity index (χ3v) is 4.20. The molecule has 0 aliphatic heterocycles. The Kier molecular flexibility index (Phi) is 5.60. The highest BCUT2D eigenvalue weighted by atomic mass is 35.5. The molecule has 0 saturated carbocycles. The standard InChI is InChI=1S/C19H16ClFN4O3/c1-11-9-13(28-2)4-6-16(11)25-8-7-22-17(18(25)26)24-19(27)23-12-3-5-15(21)14(20)10-12/h3-10H,1-2H3,(H2,22,23,24,27). The Morgan fingerprint density at radius 1 is 1.21 bits per heavy atom. The average Bonchev–Trinajstić information content (AvgIpc) is 2.66. The number of nitrogens with one attached hydrogen (secondary N) is 2. The van der Waals surface area contributed by atoms with E-state index in [-0.39, 0.29) is 16.5 Å². The van der Waals surface area contributed by atoms with Crippen molar-refractivity contribution in [1.29, 1.82) is 0 Å². The fraction of sp³-hybridized carbons (Fsp3) is 0.105. The van der Waals surface area contributed by atoms with Crippen molar-refractivity contribution in [2.45, 2.75) is 6.92 Å². The lowest BCUT2D eigenvalue weighted by atomic mass is 10.2. The van der Waals surface area contributed by atoms with Gasteiger partial charge in [0.05, 0.1) is 17.8 Å². The molecule has 0 aliphatic rings. The van der Waals surface area contributed by atoms with Crippen LogP contribution in [0.4, 0.5) is 20.7 Å². The summed E-state index contributed by atoms with van der Waals surface area (Å²) < 4.78 is 19.7. The molecule has 0 unspecified atom stereocenters. The van der Waals surface area contributed by atoms with Crippen LogP contribution in [0.2, 0.25) is 5.02 Å².